The fourth-order valence-corrected chi connectivity index (χ4v) is 4.92. The lowest BCUT2D eigenvalue weighted by Crippen LogP contribution is -1.97. The number of rotatable bonds is 7. The standard InChI is InChI=1S/C34H26N2O3/c1-38-26-16-10-23(11-17-26)12-21-31(37)33-30-9-5-6-22-36(30)34(32(33)25-13-18-27(39-2)19-14-25)29-20-15-24-7-3-4-8-28(24)35-29/h3-22H,1-2H3/b21-12+. The first-order valence-corrected chi connectivity index (χ1v) is 12.7. The molecule has 6 aromatic rings. The highest BCUT2D eigenvalue weighted by Gasteiger charge is 2.25. The lowest BCUT2D eigenvalue weighted by atomic mass is 9.96. The lowest BCUT2D eigenvalue weighted by molar-refractivity contribution is 0.105. The molecule has 39 heavy (non-hydrogen) atoms. The Morgan fingerprint density at radius 3 is 2.21 bits per heavy atom. The van der Waals surface area contributed by atoms with Crippen molar-refractivity contribution in [1.29, 1.82) is 0 Å². The number of benzene rings is 3. The molecule has 0 bridgehead atoms. The molecule has 0 atom stereocenters. The topological polar surface area (TPSA) is 52.8 Å². The molecule has 190 valence electrons. The number of carbonyl (C=O) groups is 1. The van der Waals surface area contributed by atoms with Gasteiger partial charge in [-0.05, 0) is 65.7 Å². The zero-order valence-corrected chi connectivity index (χ0v) is 21.7. The third kappa shape index (κ3) is 4.55. The minimum absolute atomic E-state index is 0.0904. The number of para-hydroxylation sites is 1. The first kappa shape index (κ1) is 24.2. The number of pyridine rings is 2. The van der Waals surface area contributed by atoms with E-state index in [1.165, 1.54) is 0 Å². The second-order valence-electron chi connectivity index (χ2n) is 9.14. The number of methoxy groups -OCH3 is 2. The quantitative estimate of drug-likeness (QED) is 0.163. The molecule has 0 spiro atoms. The SMILES string of the molecule is COc1ccc(/C=C/C(=O)c2c(-c3ccc(OC)cc3)c(-c3ccc4ccccc4n3)n3ccccc23)cc1. The van der Waals surface area contributed by atoms with Gasteiger partial charge in [-0.3, -0.25) is 4.79 Å². The summed E-state index contributed by atoms with van der Waals surface area (Å²) >= 11 is 0. The Hall–Kier alpha value is -5.16. The zero-order chi connectivity index (χ0) is 26.8. The molecule has 0 saturated carbocycles. The van der Waals surface area contributed by atoms with Crippen LogP contribution in [0.4, 0.5) is 0 Å². The second kappa shape index (κ2) is 10.3. The van der Waals surface area contributed by atoms with Crippen LogP contribution in [0.15, 0.2) is 115 Å². The Morgan fingerprint density at radius 2 is 1.46 bits per heavy atom. The van der Waals surface area contributed by atoms with Gasteiger partial charge in [0.15, 0.2) is 5.78 Å². The van der Waals surface area contributed by atoms with Crippen LogP contribution in [0.3, 0.4) is 0 Å². The molecule has 3 heterocycles. The van der Waals surface area contributed by atoms with E-state index in [1.807, 2.05) is 109 Å². The van der Waals surface area contributed by atoms with Crippen molar-refractivity contribution in [2.75, 3.05) is 14.2 Å². The average molecular weight is 511 g/mol. The number of aromatic nitrogens is 2. The maximum absolute atomic E-state index is 14.0. The van der Waals surface area contributed by atoms with Gasteiger partial charge >= 0.3 is 0 Å². The normalized spacial score (nSPS) is 11.3. The number of ether oxygens (including phenoxy) is 2. The van der Waals surface area contributed by atoms with Crippen LogP contribution >= 0.6 is 0 Å². The van der Waals surface area contributed by atoms with E-state index < -0.39 is 0 Å². The molecule has 0 fully saturated rings. The summed E-state index contributed by atoms with van der Waals surface area (Å²) in [6, 6.07) is 33.4. The molecule has 0 saturated heterocycles. The second-order valence-corrected chi connectivity index (χ2v) is 9.14. The number of allylic oxidation sites excluding steroid dienone is 1. The highest BCUT2D eigenvalue weighted by molar-refractivity contribution is 6.18. The van der Waals surface area contributed by atoms with E-state index in [9.17, 15) is 4.79 Å². The molecule has 0 radical (unpaired) electrons. The van der Waals surface area contributed by atoms with Crippen LogP contribution < -0.4 is 9.47 Å². The van der Waals surface area contributed by atoms with E-state index in [4.69, 9.17) is 14.5 Å². The van der Waals surface area contributed by atoms with E-state index in [0.717, 1.165) is 56.0 Å². The zero-order valence-electron chi connectivity index (χ0n) is 21.7. The Balaban J connectivity index is 1.58. The van der Waals surface area contributed by atoms with Gasteiger partial charge in [0.25, 0.3) is 0 Å². The highest BCUT2D eigenvalue weighted by Crippen LogP contribution is 2.40. The maximum atomic E-state index is 14.0. The molecule has 0 aliphatic carbocycles. The summed E-state index contributed by atoms with van der Waals surface area (Å²) in [5.74, 6) is 1.43. The van der Waals surface area contributed by atoms with E-state index in [2.05, 4.69) is 10.5 Å². The molecule has 5 nitrogen and oxygen atoms in total. The average Bonchev–Trinajstić information content (AvgIpc) is 3.35. The molecule has 0 N–H and O–H groups in total. The van der Waals surface area contributed by atoms with Gasteiger partial charge in [-0.25, -0.2) is 4.98 Å². The summed E-state index contributed by atoms with van der Waals surface area (Å²) in [4.78, 5) is 19.0. The van der Waals surface area contributed by atoms with Gasteiger partial charge in [0.05, 0.1) is 42.2 Å². The lowest BCUT2D eigenvalue weighted by Gasteiger charge is -2.10. The van der Waals surface area contributed by atoms with Crippen LogP contribution in [0.25, 0.3) is 45.0 Å². The summed E-state index contributed by atoms with van der Waals surface area (Å²) in [5.41, 5.74) is 6.64. The smallest absolute Gasteiger partial charge is 0.188 e. The first-order valence-electron chi connectivity index (χ1n) is 12.7. The van der Waals surface area contributed by atoms with E-state index in [1.54, 1.807) is 20.3 Å². The van der Waals surface area contributed by atoms with E-state index in [0.29, 0.717) is 5.56 Å². The van der Waals surface area contributed by atoms with Gasteiger partial charge in [-0.1, -0.05) is 60.7 Å². The van der Waals surface area contributed by atoms with Gasteiger partial charge in [-0.2, -0.15) is 0 Å². The van der Waals surface area contributed by atoms with Crippen molar-refractivity contribution >= 4 is 28.3 Å². The predicted octanol–water partition coefficient (Wildman–Crippen LogP) is 7.73. The summed E-state index contributed by atoms with van der Waals surface area (Å²) in [6.45, 7) is 0. The molecule has 3 aromatic carbocycles. The van der Waals surface area contributed by atoms with Crippen LogP contribution in [0, 0.1) is 0 Å². The Kier molecular flexibility index (Phi) is 6.39. The third-order valence-corrected chi connectivity index (χ3v) is 6.85. The minimum Gasteiger partial charge on any atom is -0.497 e. The van der Waals surface area contributed by atoms with Crippen LogP contribution in [0.5, 0.6) is 11.5 Å². The molecule has 5 heteroatoms. The van der Waals surface area contributed by atoms with Crippen molar-refractivity contribution in [3.05, 3.63) is 127 Å². The number of hydrogen-bond acceptors (Lipinski definition) is 4. The van der Waals surface area contributed by atoms with Crippen molar-refractivity contribution in [2.45, 2.75) is 0 Å². The van der Waals surface area contributed by atoms with Crippen LogP contribution in [-0.4, -0.2) is 29.4 Å². The van der Waals surface area contributed by atoms with Crippen molar-refractivity contribution in [1.82, 2.24) is 9.38 Å². The Bertz CT molecular complexity index is 1830. The number of fused-ring (bicyclic) bond motifs is 2. The molecular weight excluding hydrogens is 484 g/mol. The molecular formula is C34H26N2O3. The summed E-state index contributed by atoms with van der Waals surface area (Å²) in [5, 5.41) is 1.06. The number of nitrogens with zero attached hydrogens (tertiary/aromatic N) is 2. The maximum Gasteiger partial charge on any atom is 0.188 e. The third-order valence-electron chi connectivity index (χ3n) is 6.85. The highest BCUT2D eigenvalue weighted by atomic mass is 16.5. The summed E-state index contributed by atoms with van der Waals surface area (Å²) < 4.78 is 12.7. The van der Waals surface area contributed by atoms with Crippen molar-refractivity contribution < 1.29 is 14.3 Å². The molecule has 0 aliphatic heterocycles. The summed E-state index contributed by atoms with van der Waals surface area (Å²) in [7, 11) is 3.28. The van der Waals surface area contributed by atoms with E-state index in [-0.39, 0.29) is 5.78 Å². The van der Waals surface area contributed by atoms with Gasteiger partial charge in [0, 0.05) is 17.1 Å². The van der Waals surface area contributed by atoms with Gasteiger partial charge in [0.2, 0.25) is 0 Å². The van der Waals surface area contributed by atoms with Crippen molar-refractivity contribution in [3.8, 4) is 34.0 Å². The molecule has 3 aromatic heterocycles. The monoisotopic (exact) mass is 510 g/mol. The summed E-state index contributed by atoms with van der Waals surface area (Å²) in [6.07, 6.45) is 5.45. The molecule has 0 amide bonds. The van der Waals surface area contributed by atoms with Gasteiger partial charge in [0.1, 0.15) is 11.5 Å². The van der Waals surface area contributed by atoms with E-state index >= 15 is 0 Å². The number of hydrogen-bond donors (Lipinski definition) is 0. The number of carbonyl (C=O) groups excluding carboxylic acids is 1. The fourth-order valence-electron chi connectivity index (χ4n) is 4.92. The number of ketones is 1. The first-order chi connectivity index (χ1) is 19.2. The van der Waals surface area contributed by atoms with Crippen LogP contribution in [-0.2, 0) is 0 Å². The minimum atomic E-state index is -0.0904. The molecule has 0 aliphatic rings. The van der Waals surface area contributed by atoms with Crippen molar-refractivity contribution in [3.63, 3.8) is 0 Å². The van der Waals surface area contributed by atoms with Crippen LogP contribution in [0.1, 0.15) is 15.9 Å². The van der Waals surface area contributed by atoms with Gasteiger partial charge in [-0.15, -0.1) is 0 Å². The van der Waals surface area contributed by atoms with Gasteiger partial charge < -0.3 is 13.9 Å². The Morgan fingerprint density at radius 1 is 0.769 bits per heavy atom. The predicted molar refractivity (Wildman–Crippen MR) is 156 cm³/mol. The van der Waals surface area contributed by atoms with Crippen LogP contribution in [0.2, 0.25) is 0 Å². The largest absolute Gasteiger partial charge is 0.497 e. The molecule has 0 unspecified atom stereocenters. The fraction of sp³-hybridized carbons (Fsp3) is 0.0588. The van der Waals surface area contributed by atoms with Crippen molar-refractivity contribution in [2.24, 2.45) is 0 Å². The molecule has 6 rings (SSSR count). The Labute approximate surface area is 226 Å².